The fraction of sp³-hybridized carbons (Fsp3) is 0.250. The summed E-state index contributed by atoms with van der Waals surface area (Å²) in [6.07, 6.45) is 0.779. The van der Waals surface area contributed by atoms with Crippen LogP contribution in [0.15, 0.2) is 36.4 Å². The minimum atomic E-state index is -0.418. The van der Waals surface area contributed by atoms with Crippen molar-refractivity contribution in [2.75, 3.05) is 13.7 Å². The van der Waals surface area contributed by atoms with E-state index in [9.17, 15) is 9.59 Å². The quantitative estimate of drug-likeness (QED) is 0.864. The summed E-state index contributed by atoms with van der Waals surface area (Å²) in [7, 11) is 1.32. The molecule has 1 aromatic carbocycles. The summed E-state index contributed by atoms with van der Waals surface area (Å²) in [6, 6.07) is 11.5. The molecule has 0 aliphatic heterocycles. The highest BCUT2D eigenvalue weighted by Crippen LogP contribution is 2.17. The van der Waals surface area contributed by atoms with Gasteiger partial charge in [-0.15, -0.1) is 11.3 Å². The van der Waals surface area contributed by atoms with E-state index in [1.807, 2.05) is 6.92 Å². The maximum atomic E-state index is 12.0. The third kappa shape index (κ3) is 4.16. The molecule has 110 valence electrons. The minimum absolute atomic E-state index is 0.165. The smallest absolute Gasteiger partial charge is 0.348 e. The number of esters is 1. The van der Waals surface area contributed by atoms with Gasteiger partial charge in [0.05, 0.1) is 12.0 Å². The molecule has 0 fully saturated rings. The minimum Gasteiger partial charge on any atom is -0.465 e. The zero-order chi connectivity index (χ0) is 15.2. The molecule has 2 aromatic rings. The maximum absolute atomic E-state index is 12.0. The number of aryl methyl sites for hydroxylation is 1. The van der Waals surface area contributed by atoms with Crippen molar-refractivity contribution in [1.29, 1.82) is 0 Å². The molecule has 0 unspecified atom stereocenters. The van der Waals surface area contributed by atoms with E-state index in [0.29, 0.717) is 16.3 Å². The van der Waals surface area contributed by atoms with Crippen LogP contribution in [0.5, 0.6) is 0 Å². The highest BCUT2D eigenvalue weighted by atomic mass is 32.1. The monoisotopic (exact) mass is 303 g/mol. The van der Waals surface area contributed by atoms with E-state index < -0.39 is 5.97 Å². The molecule has 4 nitrogen and oxygen atoms in total. The lowest BCUT2D eigenvalue weighted by molar-refractivity contribution is 0.0606. The number of carbonyl (C=O) groups excluding carboxylic acids is 2. The molecule has 1 heterocycles. The summed E-state index contributed by atoms with van der Waals surface area (Å²) in [5, 5.41) is 2.85. The molecule has 0 saturated heterocycles. The zero-order valence-electron chi connectivity index (χ0n) is 12.0. The van der Waals surface area contributed by atoms with Crippen LogP contribution in [-0.2, 0) is 11.2 Å². The van der Waals surface area contributed by atoms with Crippen molar-refractivity contribution in [1.82, 2.24) is 5.32 Å². The van der Waals surface area contributed by atoms with E-state index in [2.05, 4.69) is 34.3 Å². The number of amides is 1. The molecule has 1 aromatic heterocycles. The second-order valence-electron chi connectivity index (χ2n) is 4.65. The molecule has 0 spiro atoms. The van der Waals surface area contributed by atoms with Crippen molar-refractivity contribution in [2.45, 2.75) is 13.3 Å². The summed E-state index contributed by atoms with van der Waals surface area (Å²) < 4.78 is 4.62. The molecule has 0 aliphatic carbocycles. The van der Waals surface area contributed by atoms with Crippen LogP contribution >= 0.6 is 11.3 Å². The van der Waals surface area contributed by atoms with E-state index >= 15 is 0 Å². The Morgan fingerprint density at radius 2 is 1.76 bits per heavy atom. The number of carbonyl (C=O) groups is 2. The molecule has 0 radical (unpaired) electrons. The molecule has 1 amide bonds. The van der Waals surface area contributed by atoms with Crippen LogP contribution in [-0.4, -0.2) is 25.5 Å². The Morgan fingerprint density at radius 3 is 2.43 bits per heavy atom. The largest absolute Gasteiger partial charge is 0.465 e. The molecule has 0 bridgehead atoms. The Bertz CT molecular complexity index is 631. The predicted molar refractivity (Wildman–Crippen MR) is 82.9 cm³/mol. The summed E-state index contributed by atoms with van der Waals surface area (Å²) in [5.41, 5.74) is 2.40. The maximum Gasteiger partial charge on any atom is 0.348 e. The number of hydrogen-bond donors (Lipinski definition) is 1. The van der Waals surface area contributed by atoms with E-state index in [1.54, 1.807) is 12.1 Å². The Kier molecular flexibility index (Phi) is 5.11. The first-order valence-electron chi connectivity index (χ1n) is 6.62. The first-order valence-corrected chi connectivity index (χ1v) is 7.43. The third-order valence-electron chi connectivity index (χ3n) is 3.04. The number of methoxy groups -OCH3 is 1. The first kappa shape index (κ1) is 15.3. The van der Waals surface area contributed by atoms with Gasteiger partial charge < -0.3 is 10.1 Å². The normalized spacial score (nSPS) is 10.2. The molecule has 1 N–H and O–H groups in total. The molecule has 0 aliphatic rings. The van der Waals surface area contributed by atoms with Gasteiger partial charge in [-0.2, -0.15) is 0 Å². The summed E-state index contributed by atoms with van der Waals surface area (Å²) in [4.78, 5) is 24.2. The van der Waals surface area contributed by atoms with Crippen LogP contribution in [0.4, 0.5) is 0 Å². The highest BCUT2D eigenvalue weighted by Gasteiger charge is 2.13. The lowest BCUT2D eigenvalue weighted by Crippen LogP contribution is -2.24. The summed E-state index contributed by atoms with van der Waals surface area (Å²) in [6.45, 7) is 2.61. The van der Waals surface area contributed by atoms with Gasteiger partial charge in [0.25, 0.3) is 5.91 Å². The second-order valence-corrected chi connectivity index (χ2v) is 5.73. The van der Waals surface area contributed by atoms with Gasteiger partial charge in [0.1, 0.15) is 4.88 Å². The molecule has 0 atom stereocenters. The van der Waals surface area contributed by atoms with Gasteiger partial charge in [-0.3, -0.25) is 4.79 Å². The van der Waals surface area contributed by atoms with Crippen molar-refractivity contribution >= 4 is 23.2 Å². The first-order chi connectivity index (χ1) is 10.1. The number of hydrogen-bond acceptors (Lipinski definition) is 4. The average molecular weight is 303 g/mol. The van der Waals surface area contributed by atoms with E-state index in [-0.39, 0.29) is 5.91 Å². The van der Waals surface area contributed by atoms with Gasteiger partial charge in [-0.1, -0.05) is 29.8 Å². The van der Waals surface area contributed by atoms with E-state index in [1.165, 1.54) is 18.2 Å². The van der Waals surface area contributed by atoms with Gasteiger partial charge in [-0.25, -0.2) is 4.79 Å². The fourth-order valence-corrected chi connectivity index (χ4v) is 2.67. The van der Waals surface area contributed by atoms with Crippen molar-refractivity contribution in [3.05, 3.63) is 57.3 Å². The van der Waals surface area contributed by atoms with Gasteiger partial charge in [0, 0.05) is 6.54 Å². The SMILES string of the molecule is COC(=O)c1ccc(C(=O)NCCc2ccc(C)cc2)s1. The number of benzene rings is 1. The highest BCUT2D eigenvalue weighted by molar-refractivity contribution is 7.15. The predicted octanol–water partition coefficient (Wildman–Crippen LogP) is 2.82. The van der Waals surface area contributed by atoms with Crippen molar-refractivity contribution in [2.24, 2.45) is 0 Å². The number of nitrogens with one attached hydrogen (secondary N) is 1. The fourth-order valence-electron chi connectivity index (χ4n) is 1.83. The standard InChI is InChI=1S/C16H17NO3S/c1-11-3-5-12(6-4-11)9-10-17-15(18)13-7-8-14(21-13)16(19)20-2/h3-8H,9-10H2,1-2H3,(H,17,18). The Hall–Kier alpha value is -2.14. The second kappa shape index (κ2) is 7.04. The molecule has 5 heteroatoms. The van der Waals surface area contributed by atoms with Crippen LogP contribution in [0.3, 0.4) is 0 Å². The molecular formula is C16H17NO3S. The van der Waals surface area contributed by atoms with Crippen molar-refractivity contribution in [3.63, 3.8) is 0 Å². The number of ether oxygens (including phenoxy) is 1. The summed E-state index contributed by atoms with van der Waals surface area (Å²) in [5.74, 6) is -0.582. The molecule has 0 saturated carbocycles. The Labute approximate surface area is 127 Å². The van der Waals surface area contributed by atoms with Gasteiger partial charge in [0.15, 0.2) is 0 Å². The molecule has 2 rings (SSSR count). The van der Waals surface area contributed by atoms with Crippen LogP contribution in [0.1, 0.15) is 30.5 Å². The topological polar surface area (TPSA) is 55.4 Å². The van der Waals surface area contributed by atoms with Crippen LogP contribution in [0, 0.1) is 6.92 Å². The van der Waals surface area contributed by atoms with Gasteiger partial charge in [-0.05, 0) is 31.0 Å². The lowest BCUT2D eigenvalue weighted by atomic mass is 10.1. The van der Waals surface area contributed by atoms with E-state index in [4.69, 9.17) is 0 Å². The molecule has 21 heavy (non-hydrogen) atoms. The van der Waals surface area contributed by atoms with Crippen molar-refractivity contribution in [3.8, 4) is 0 Å². The Balaban J connectivity index is 1.85. The molecular weight excluding hydrogens is 286 g/mol. The average Bonchev–Trinajstić information content (AvgIpc) is 2.98. The van der Waals surface area contributed by atoms with Crippen LogP contribution < -0.4 is 5.32 Å². The van der Waals surface area contributed by atoms with Gasteiger partial charge >= 0.3 is 5.97 Å². The van der Waals surface area contributed by atoms with Crippen molar-refractivity contribution < 1.29 is 14.3 Å². The van der Waals surface area contributed by atoms with Crippen LogP contribution in [0.25, 0.3) is 0 Å². The zero-order valence-corrected chi connectivity index (χ0v) is 12.8. The lowest BCUT2D eigenvalue weighted by Gasteiger charge is -2.04. The Morgan fingerprint density at radius 1 is 1.10 bits per heavy atom. The van der Waals surface area contributed by atoms with Gasteiger partial charge in [0.2, 0.25) is 0 Å². The van der Waals surface area contributed by atoms with E-state index in [0.717, 1.165) is 17.8 Å². The number of rotatable bonds is 5. The summed E-state index contributed by atoms with van der Waals surface area (Å²) >= 11 is 1.14. The third-order valence-corrected chi connectivity index (χ3v) is 4.10. The van der Waals surface area contributed by atoms with Crippen LogP contribution in [0.2, 0.25) is 0 Å². The number of thiophene rings is 1.